The molecule has 0 radical (unpaired) electrons. The molecule has 0 aliphatic rings. The van der Waals surface area contributed by atoms with Crippen LogP contribution in [0.25, 0.3) is 0 Å². The van der Waals surface area contributed by atoms with Crippen LogP contribution in [-0.2, 0) is 10.0 Å². The van der Waals surface area contributed by atoms with E-state index in [4.69, 9.17) is 16.3 Å². The molecule has 0 unspecified atom stereocenters. The minimum Gasteiger partial charge on any atom is -0.495 e. The smallest absolute Gasteiger partial charge is 0.232 e. The first-order valence-electron chi connectivity index (χ1n) is 5.66. The maximum atomic E-state index is 11.8. The van der Waals surface area contributed by atoms with Crippen molar-refractivity contribution in [1.82, 2.24) is 0 Å². The number of nitrogens with one attached hydrogen (secondary N) is 1. The molecule has 0 saturated carbocycles. The highest BCUT2D eigenvalue weighted by Gasteiger charge is 2.17. The molecule has 1 aromatic carbocycles. The number of aryl methyl sites for hydroxylation is 1. The van der Waals surface area contributed by atoms with Crippen LogP contribution in [0.3, 0.4) is 0 Å². The summed E-state index contributed by atoms with van der Waals surface area (Å²) in [5.74, 6) is 0.551. The molecule has 1 N–H and O–H groups in total. The SMILES string of the molecule is CCCS(=O)(=O)Nc1c(OC)cc(C)c(Cl)c1C. The molecular weight excluding hydrogens is 274 g/mol. The van der Waals surface area contributed by atoms with E-state index in [1.165, 1.54) is 7.11 Å². The molecule has 0 aliphatic heterocycles. The first-order valence-corrected chi connectivity index (χ1v) is 7.69. The molecule has 18 heavy (non-hydrogen) atoms. The molecule has 1 aromatic rings. The molecule has 0 atom stereocenters. The van der Waals surface area contributed by atoms with Gasteiger partial charge in [0.15, 0.2) is 0 Å². The van der Waals surface area contributed by atoms with Gasteiger partial charge in [-0.05, 0) is 37.5 Å². The highest BCUT2D eigenvalue weighted by atomic mass is 35.5. The average Bonchev–Trinajstić information content (AvgIpc) is 2.29. The lowest BCUT2D eigenvalue weighted by molar-refractivity contribution is 0.416. The Hall–Kier alpha value is -0.940. The molecule has 102 valence electrons. The van der Waals surface area contributed by atoms with Crippen molar-refractivity contribution in [3.63, 3.8) is 0 Å². The van der Waals surface area contributed by atoms with Crippen molar-refractivity contribution in [3.8, 4) is 5.75 Å². The Kier molecular flexibility index (Phi) is 4.87. The third kappa shape index (κ3) is 3.29. The molecule has 0 amide bonds. The first-order chi connectivity index (χ1) is 8.32. The van der Waals surface area contributed by atoms with Gasteiger partial charge in [0.05, 0.1) is 18.6 Å². The fourth-order valence-corrected chi connectivity index (χ4v) is 3.04. The number of ether oxygens (including phenoxy) is 1. The molecule has 0 aliphatic carbocycles. The number of sulfonamides is 1. The molecule has 6 heteroatoms. The second-order valence-corrected chi connectivity index (χ2v) is 6.35. The molecule has 0 saturated heterocycles. The summed E-state index contributed by atoms with van der Waals surface area (Å²) in [7, 11) is -1.86. The summed E-state index contributed by atoms with van der Waals surface area (Å²) in [6.45, 7) is 5.43. The van der Waals surface area contributed by atoms with Crippen molar-refractivity contribution < 1.29 is 13.2 Å². The van der Waals surface area contributed by atoms with Crippen molar-refractivity contribution in [2.45, 2.75) is 27.2 Å². The lowest BCUT2D eigenvalue weighted by Crippen LogP contribution is -2.17. The summed E-state index contributed by atoms with van der Waals surface area (Å²) >= 11 is 6.13. The van der Waals surface area contributed by atoms with Gasteiger partial charge >= 0.3 is 0 Å². The van der Waals surface area contributed by atoms with Gasteiger partial charge < -0.3 is 4.74 Å². The second kappa shape index (κ2) is 5.80. The summed E-state index contributed by atoms with van der Waals surface area (Å²) in [5, 5.41) is 0.546. The topological polar surface area (TPSA) is 55.4 Å². The third-order valence-corrected chi connectivity index (χ3v) is 4.64. The normalized spacial score (nSPS) is 11.4. The summed E-state index contributed by atoms with van der Waals surface area (Å²) < 4.78 is 31.4. The predicted octanol–water partition coefficient (Wildman–Crippen LogP) is 3.12. The Bertz CT molecular complexity index is 541. The van der Waals surface area contributed by atoms with Crippen molar-refractivity contribution >= 4 is 27.3 Å². The van der Waals surface area contributed by atoms with Crippen molar-refractivity contribution in [2.75, 3.05) is 17.6 Å². The van der Waals surface area contributed by atoms with Crippen LogP contribution >= 0.6 is 11.6 Å². The quantitative estimate of drug-likeness (QED) is 0.907. The molecule has 0 heterocycles. The van der Waals surface area contributed by atoms with Gasteiger partial charge in [-0.3, -0.25) is 4.72 Å². The van der Waals surface area contributed by atoms with Gasteiger partial charge in [-0.2, -0.15) is 0 Å². The zero-order valence-corrected chi connectivity index (χ0v) is 12.6. The van der Waals surface area contributed by atoms with E-state index < -0.39 is 10.0 Å². The number of hydrogen-bond acceptors (Lipinski definition) is 3. The van der Waals surface area contributed by atoms with Crippen molar-refractivity contribution in [1.29, 1.82) is 0 Å². The monoisotopic (exact) mass is 291 g/mol. The van der Waals surface area contributed by atoms with E-state index >= 15 is 0 Å². The van der Waals surface area contributed by atoms with E-state index in [1.54, 1.807) is 13.0 Å². The fourth-order valence-electron chi connectivity index (χ4n) is 1.69. The van der Waals surface area contributed by atoms with Crippen LogP contribution in [0.4, 0.5) is 5.69 Å². The van der Waals surface area contributed by atoms with E-state index in [0.29, 0.717) is 28.4 Å². The Morgan fingerprint density at radius 2 is 2.00 bits per heavy atom. The predicted molar refractivity (Wildman–Crippen MR) is 75.2 cm³/mol. The van der Waals surface area contributed by atoms with Crippen LogP contribution in [0.2, 0.25) is 5.02 Å². The van der Waals surface area contributed by atoms with E-state index in [0.717, 1.165) is 5.56 Å². The lowest BCUT2D eigenvalue weighted by atomic mass is 10.1. The van der Waals surface area contributed by atoms with Gasteiger partial charge in [0.25, 0.3) is 0 Å². The third-order valence-electron chi connectivity index (χ3n) is 2.59. The lowest BCUT2D eigenvalue weighted by Gasteiger charge is -2.16. The highest BCUT2D eigenvalue weighted by Crippen LogP contribution is 2.36. The largest absolute Gasteiger partial charge is 0.495 e. The van der Waals surface area contributed by atoms with Crippen LogP contribution in [-0.4, -0.2) is 21.3 Å². The molecule has 0 aromatic heterocycles. The van der Waals surface area contributed by atoms with E-state index in [-0.39, 0.29) is 5.75 Å². The Morgan fingerprint density at radius 1 is 1.39 bits per heavy atom. The van der Waals surface area contributed by atoms with Gasteiger partial charge in [-0.15, -0.1) is 0 Å². The first kappa shape index (κ1) is 15.1. The molecule has 1 rings (SSSR count). The number of methoxy groups -OCH3 is 1. The maximum absolute atomic E-state index is 11.8. The number of anilines is 1. The minimum absolute atomic E-state index is 0.0705. The molecule has 0 spiro atoms. The number of rotatable bonds is 5. The molecule has 4 nitrogen and oxygen atoms in total. The number of halogens is 1. The zero-order valence-electron chi connectivity index (χ0n) is 11.0. The van der Waals surface area contributed by atoms with E-state index in [9.17, 15) is 8.42 Å². The van der Waals surface area contributed by atoms with Gasteiger partial charge in [0, 0.05) is 5.02 Å². The van der Waals surface area contributed by atoms with Gasteiger partial charge in [-0.25, -0.2) is 8.42 Å². The minimum atomic E-state index is -3.36. The van der Waals surface area contributed by atoms with Gasteiger partial charge in [-0.1, -0.05) is 18.5 Å². The van der Waals surface area contributed by atoms with Gasteiger partial charge in [0.1, 0.15) is 5.75 Å². The zero-order chi connectivity index (χ0) is 13.9. The molecular formula is C12H18ClNO3S. The van der Waals surface area contributed by atoms with Gasteiger partial charge in [0.2, 0.25) is 10.0 Å². The Balaban J connectivity index is 3.28. The molecule has 0 bridgehead atoms. The maximum Gasteiger partial charge on any atom is 0.232 e. The standard InChI is InChI=1S/C12H18ClNO3S/c1-5-6-18(15,16)14-12-9(3)11(13)8(2)7-10(12)17-4/h7,14H,5-6H2,1-4H3. The van der Waals surface area contributed by atoms with Crippen LogP contribution in [0.1, 0.15) is 24.5 Å². The van der Waals surface area contributed by atoms with E-state index in [1.807, 2.05) is 13.8 Å². The second-order valence-electron chi connectivity index (χ2n) is 4.13. The summed E-state index contributed by atoms with van der Waals surface area (Å²) in [5.41, 5.74) is 1.94. The van der Waals surface area contributed by atoms with Crippen molar-refractivity contribution in [2.24, 2.45) is 0 Å². The van der Waals surface area contributed by atoms with E-state index in [2.05, 4.69) is 4.72 Å². The highest BCUT2D eigenvalue weighted by molar-refractivity contribution is 7.92. The van der Waals surface area contributed by atoms with Crippen LogP contribution < -0.4 is 9.46 Å². The number of benzene rings is 1. The number of hydrogen-bond donors (Lipinski definition) is 1. The summed E-state index contributed by atoms with van der Waals surface area (Å²) in [6, 6.07) is 1.72. The summed E-state index contributed by atoms with van der Waals surface area (Å²) in [4.78, 5) is 0. The Labute approximate surface area is 113 Å². The average molecular weight is 292 g/mol. The summed E-state index contributed by atoms with van der Waals surface area (Å²) in [6.07, 6.45) is 0.552. The van der Waals surface area contributed by atoms with Crippen LogP contribution in [0.5, 0.6) is 5.75 Å². The van der Waals surface area contributed by atoms with Crippen molar-refractivity contribution in [3.05, 3.63) is 22.2 Å². The van der Waals surface area contributed by atoms with Crippen LogP contribution in [0.15, 0.2) is 6.07 Å². The fraction of sp³-hybridized carbons (Fsp3) is 0.500. The molecule has 0 fully saturated rings. The van der Waals surface area contributed by atoms with Crippen LogP contribution in [0, 0.1) is 13.8 Å². The Morgan fingerprint density at radius 3 is 2.50 bits per heavy atom.